The Balaban J connectivity index is 3.69. The lowest BCUT2D eigenvalue weighted by molar-refractivity contribution is 0.130. The highest BCUT2D eigenvalue weighted by Crippen LogP contribution is 2.18. The van der Waals surface area contributed by atoms with Crippen molar-refractivity contribution >= 4 is 0 Å². The van der Waals surface area contributed by atoms with Crippen molar-refractivity contribution in [2.75, 3.05) is 33.8 Å². The van der Waals surface area contributed by atoms with Crippen LogP contribution in [0.3, 0.4) is 0 Å². The minimum Gasteiger partial charge on any atom is -0.396 e. The number of hydrogen-bond donors (Lipinski definition) is 2. The summed E-state index contributed by atoms with van der Waals surface area (Å²) in [6.45, 7) is 3.72. The second-order valence-corrected chi connectivity index (χ2v) is 3.73. The van der Waals surface area contributed by atoms with Crippen molar-refractivity contribution in [1.29, 1.82) is 0 Å². The van der Waals surface area contributed by atoms with Crippen LogP contribution in [0.1, 0.15) is 13.3 Å². The molecule has 0 saturated heterocycles. The first-order valence-electron chi connectivity index (χ1n) is 4.00. The topological polar surface area (TPSA) is 49.5 Å². The molecule has 3 heteroatoms. The third-order valence-corrected chi connectivity index (χ3v) is 2.04. The van der Waals surface area contributed by atoms with Crippen LogP contribution in [0.4, 0.5) is 0 Å². The molecule has 0 radical (unpaired) electrons. The quantitative estimate of drug-likeness (QED) is 0.590. The van der Waals surface area contributed by atoms with Gasteiger partial charge >= 0.3 is 0 Å². The molecule has 0 saturated carbocycles. The van der Waals surface area contributed by atoms with Gasteiger partial charge in [0.2, 0.25) is 0 Å². The van der Waals surface area contributed by atoms with E-state index in [0.29, 0.717) is 6.54 Å². The number of hydrogen-bond acceptors (Lipinski definition) is 3. The van der Waals surface area contributed by atoms with Gasteiger partial charge in [-0.05, 0) is 33.6 Å². The normalized spacial score (nSPS) is 16.9. The molecule has 3 nitrogen and oxygen atoms in total. The van der Waals surface area contributed by atoms with Crippen LogP contribution in [-0.2, 0) is 0 Å². The molecule has 0 fully saturated rings. The first-order valence-corrected chi connectivity index (χ1v) is 4.00. The molecular formula is C8H20N2O. The standard InChI is InChI=1S/C8H20N2O/c1-8(6-9,7-11)4-5-10(2)3/h11H,4-7,9H2,1-3H3. The highest BCUT2D eigenvalue weighted by atomic mass is 16.3. The zero-order valence-corrected chi connectivity index (χ0v) is 7.80. The highest BCUT2D eigenvalue weighted by Gasteiger charge is 2.20. The zero-order chi connectivity index (χ0) is 8.91. The monoisotopic (exact) mass is 160 g/mol. The minimum atomic E-state index is -0.0930. The van der Waals surface area contributed by atoms with E-state index in [1.165, 1.54) is 0 Å². The van der Waals surface area contributed by atoms with Gasteiger partial charge in [-0.3, -0.25) is 0 Å². The fraction of sp³-hybridized carbons (Fsp3) is 1.00. The lowest BCUT2D eigenvalue weighted by Crippen LogP contribution is -2.34. The molecule has 0 aliphatic heterocycles. The van der Waals surface area contributed by atoms with Crippen LogP contribution in [0.5, 0.6) is 0 Å². The van der Waals surface area contributed by atoms with Gasteiger partial charge in [0.15, 0.2) is 0 Å². The predicted molar refractivity (Wildman–Crippen MR) is 47.4 cm³/mol. The fourth-order valence-corrected chi connectivity index (χ4v) is 0.739. The number of nitrogens with two attached hydrogens (primary N) is 1. The van der Waals surface area contributed by atoms with Crippen LogP contribution < -0.4 is 5.73 Å². The fourth-order valence-electron chi connectivity index (χ4n) is 0.739. The molecule has 0 spiro atoms. The van der Waals surface area contributed by atoms with E-state index in [1.54, 1.807) is 0 Å². The Morgan fingerprint density at radius 1 is 1.45 bits per heavy atom. The van der Waals surface area contributed by atoms with E-state index in [4.69, 9.17) is 10.8 Å². The summed E-state index contributed by atoms with van der Waals surface area (Å²) in [6.07, 6.45) is 0.951. The smallest absolute Gasteiger partial charge is 0.0497 e. The van der Waals surface area contributed by atoms with Gasteiger partial charge in [-0.15, -0.1) is 0 Å². The van der Waals surface area contributed by atoms with Gasteiger partial charge in [0, 0.05) is 12.0 Å². The average Bonchev–Trinajstić information content (AvgIpc) is 2.00. The van der Waals surface area contributed by atoms with Crippen LogP contribution in [0.25, 0.3) is 0 Å². The van der Waals surface area contributed by atoms with Gasteiger partial charge in [0.05, 0.1) is 0 Å². The van der Waals surface area contributed by atoms with Gasteiger partial charge in [0.1, 0.15) is 0 Å². The van der Waals surface area contributed by atoms with E-state index in [9.17, 15) is 0 Å². The third kappa shape index (κ3) is 4.35. The van der Waals surface area contributed by atoms with E-state index in [-0.39, 0.29) is 12.0 Å². The van der Waals surface area contributed by atoms with E-state index in [1.807, 2.05) is 21.0 Å². The molecule has 0 aromatic heterocycles. The molecule has 68 valence electrons. The lowest BCUT2D eigenvalue weighted by Gasteiger charge is -2.26. The summed E-state index contributed by atoms with van der Waals surface area (Å²) in [6, 6.07) is 0. The van der Waals surface area contributed by atoms with Gasteiger partial charge in [-0.2, -0.15) is 0 Å². The Labute approximate surface area is 69.2 Å². The molecule has 1 atom stereocenters. The summed E-state index contributed by atoms with van der Waals surface area (Å²) in [5.74, 6) is 0. The number of nitrogens with zero attached hydrogens (tertiary/aromatic N) is 1. The summed E-state index contributed by atoms with van der Waals surface area (Å²) >= 11 is 0. The maximum atomic E-state index is 9.00. The van der Waals surface area contributed by atoms with Gasteiger partial charge in [-0.1, -0.05) is 6.92 Å². The second kappa shape index (κ2) is 4.70. The van der Waals surface area contributed by atoms with Crippen molar-refractivity contribution in [3.8, 4) is 0 Å². The number of aliphatic hydroxyl groups is 1. The SMILES string of the molecule is CN(C)CCC(C)(CN)CO. The van der Waals surface area contributed by atoms with Crippen LogP contribution in [-0.4, -0.2) is 43.8 Å². The summed E-state index contributed by atoms with van der Waals surface area (Å²) in [7, 11) is 4.04. The van der Waals surface area contributed by atoms with Gasteiger partial charge in [-0.25, -0.2) is 0 Å². The Bertz CT molecular complexity index is 100. The van der Waals surface area contributed by atoms with Crippen molar-refractivity contribution in [2.24, 2.45) is 11.1 Å². The molecule has 0 aromatic rings. The van der Waals surface area contributed by atoms with E-state index in [2.05, 4.69) is 4.90 Å². The van der Waals surface area contributed by atoms with Crippen LogP contribution in [0.15, 0.2) is 0 Å². The minimum absolute atomic E-state index is 0.0930. The molecule has 0 rings (SSSR count). The highest BCUT2D eigenvalue weighted by molar-refractivity contribution is 4.74. The summed E-state index contributed by atoms with van der Waals surface area (Å²) < 4.78 is 0. The van der Waals surface area contributed by atoms with E-state index in [0.717, 1.165) is 13.0 Å². The molecule has 0 amide bonds. The number of aliphatic hydroxyl groups excluding tert-OH is 1. The van der Waals surface area contributed by atoms with Crippen molar-refractivity contribution in [3.05, 3.63) is 0 Å². The molecule has 11 heavy (non-hydrogen) atoms. The molecule has 0 heterocycles. The van der Waals surface area contributed by atoms with Crippen molar-refractivity contribution < 1.29 is 5.11 Å². The average molecular weight is 160 g/mol. The lowest BCUT2D eigenvalue weighted by atomic mass is 9.88. The summed E-state index contributed by atoms with van der Waals surface area (Å²) in [4.78, 5) is 2.10. The molecule has 0 bridgehead atoms. The Morgan fingerprint density at radius 2 is 2.00 bits per heavy atom. The first-order chi connectivity index (χ1) is 5.04. The first kappa shape index (κ1) is 10.9. The zero-order valence-electron chi connectivity index (χ0n) is 7.80. The molecule has 0 aromatic carbocycles. The van der Waals surface area contributed by atoms with Crippen LogP contribution in [0, 0.1) is 5.41 Å². The Kier molecular flexibility index (Phi) is 4.65. The molecule has 0 aliphatic carbocycles. The summed E-state index contributed by atoms with van der Waals surface area (Å²) in [5, 5.41) is 9.00. The molecule has 3 N–H and O–H groups in total. The van der Waals surface area contributed by atoms with E-state index < -0.39 is 0 Å². The van der Waals surface area contributed by atoms with Crippen molar-refractivity contribution in [3.63, 3.8) is 0 Å². The van der Waals surface area contributed by atoms with Crippen molar-refractivity contribution in [2.45, 2.75) is 13.3 Å². The molecular weight excluding hydrogens is 140 g/mol. The van der Waals surface area contributed by atoms with Crippen LogP contribution >= 0.6 is 0 Å². The largest absolute Gasteiger partial charge is 0.396 e. The van der Waals surface area contributed by atoms with E-state index >= 15 is 0 Å². The van der Waals surface area contributed by atoms with Gasteiger partial charge < -0.3 is 15.7 Å². The number of rotatable bonds is 5. The van der Waals surface area contributed by atoms with Crippen LogP contribution in [0.2, 0.25) is 0 Å². The second-order valence-electron chi connectivity index (χ2n) is 3.73. The Hall–Kier alpha value is -0.120. The maximum absolute atomic E-state index is 9.00. The van der Waals surface area contributed by atoms with Crippen molar-refractivity contribution in [1.82, 2.24) is 4.90 Å². The molecule has 0 aliphatic rings. The predicted octanol–water partition coefficient (Wildman–Crippen LogP) is -0.105. The summed E-state index contributed by atoms with van der Waals surface area (Å²) in [5.41, 5.74) is 5.43. The third-order valence-electron chi connectivity index (χ3n) is 2.04. The Morgan fingerprint density at radius 3 is 2.27 bits per heavy atom. The van der Waals surface area contributed by atoms with Gasteiger partial charge in [0.25, 0.3) is 0 Å². The molecule has 1 unspecified atom stereocenters. The maximum Gasteiger partial charge on any atom is 0.0497 e.